The lowest BCUT2D eigenvalue weighted by molar-refractivity contribution is -0.112. The van der Waals surface area contributed by atoms with Gasteiger partial charge in [0.15, 0.2) is 0 Å². The zero-order chi connectivity index (χ0) is 28.3. The average molecular weight is 537 g/mol. The van der Waals surface area contributed by atoms with Crippen molar-refractivity contribution in [3.8, 4) is 0 Å². The van der Waals surface area contributed by atoms with Gasteiger partial charge in [0.2, 0.25) is 0 Å². The maximum absolute atomic E-state index is 13.3. The highest BCUT2D eigenvalue weighted by molar-refractivity contribution is 6.06. The molecule has 3 rings (SSSR count). The summed E-state index contributed by atoms with van der Waals surface area (Å²) in [7, 11) is 0. The first-order valence-corrected chi connectivity index (χ1v) is 12.9. The van der Waals surface area contributed by atoms with Crippen LogP contribution in [0.25, 0.3) is 0 Å². The summed E-state index contributed by atoms with van der Waals surface area (Å²) in [5.41, 5.74) is 7.88. The van der Waals surface area contributed by atoms with Gasteiger partial charge in [0, 0.05) is 17.9 Å². The van der Waals surface area contributed by atoms with Gasteiger partial charge in [-0.05, 0) is 60.0 Å². The fourth-order valence-corrected chi connectivity index (χ4v) is 4.04. The van der Waals surface area contributed by atoms with Crippen LogP contribution in [-0.4, -0.2) is 18.6 Å². The van der Waals surface area contributed by atoms with Gasteiger partial charge in [-0.3, -0.25) is 4.79 Å². The van der Waals surface area contributed by atoms with Gasteiger partial charge in [-0.25, -0.2) is 0 Å². The Morgan fingerprint density at radius 2 is 1.59 bits per heavy atom. The molecular weight excluding hydrogens is 501 g/mol. The molecule has 206 valence electrons. The van der Waals surface area contributed by atoms with E-state index in [1.807, 2.05) is 48.5 Å². The highest BCUT2D eigenvalue weighted by Gasteiger charge is 2.31. The second-order valence-electron chi connectivity index (χ2n) is 9.20. The summed E-state index contributed by atoms with van der Waals surface area (Å²) in [6.45, 7) is 6.31. The summed E-state index contributed by atoms with van der Waals surface area (Å²) in [6, 6.07) is 24.0. The van der Waals surface area contributed by atoms with E-state index in [2.05, 4.69) is 29.5 Å². The molecule has 0 spiro atoms. The van der Waals surface area contributed by atoms with E-state index in [1.165, 1.54) is 0 Å². The smallest absolute Gasteiger partial charge is 0.351 e. The second-order valence-corrected chi connectivity index (χ2v) is 9.20. The number of carbonyl (C=O) groups is 1. The molecule has 3 aromatic rings. The molecule has 3 aromatic carbocycles. The van der Waals surface area contributed by atoms with Crippen molar-refractivity contribution in [3.05, 3.63) is 119 Å². The van der Waals surface area contributed by atoms with Gasteiger partial charge in [0.05, 0.1) is 11.6 Å². The topological polar surface area (TPSA) is 79.2 Å². The number of nitrogens with two attached hydrogens (primary N) is 1. The monoisotopic (exact) mass is 536 g/mol. The summed E-state index contributed by atoms with van der Waals surface area (Å²) in [4.78, 5) is 13.2. The Balaban J connectivity index is 1.87. The molecule has 0 fully saturated rings. The Kier molecular flexibility index (Phi) is 10.9. The van der Waals surface area contributed by atoms with Crippen LogP contribution in [0.3, 0.4) is 0 Å². The molecule has 0 saturated carbocycles. The third-order valence-corrected chi connectivity index (χ3v) is 6.11. The van der Waals surface area contributed by atoms with Gasteiger partial charge >= 0.3 is 6.18 Å². The third-order valence-electron chi connectivity index (χ3n) is 6.11. The molecule has 0 aliphatic carbocycles. The van der Waals surface area contributed by atoms with Crippen molar-refractivity contribution < 1.29 is 18.0 Å². The van der Waals surface area contributed by atoms with Gasteiger partial charge in [-0.15, -0.1) is 0 Å². The number of halogens is 3. The summed E-state index contributed by atoms with van der Waals surface area (Å²) in [5.74, 6) is -0.733. The van der Waals surface area contributed by atoms with E-state index in [0.29, 0.717) is 17.5 Å². The van der Waals surface area contributed by atoms with Crippen molar-refractivity contribution in [2.45, 2.75) is 44.9 Å². The first-order chi connectivity index (χ1) is 18.7. The molecule has 1 amide bonds. The lowest BCUT2D eigenvalue weighted by Gasteiger charge is -2.21. The van der Waals surface area contributed by atoms with Gasteiger partial charge in [-0.2, -0.15) is 13.2 Å². The van der Waals surface area contributed by atoms with Crippen LogP contribution in [-0.2, 0) is 11.3 Å². The maximum Gasteiger partial charge on any atom is 0.415 e. The van der Waals surface area contributed by atoms with Crippen molar-refractivity contribution in [2.24, 2.45) is 5.73 Å². The van der Waals surface area contributed by atoms with Gasteiger partial charge < -0.3 is 21.7 Å². The highest BCUT2D eigenvalue weighted by Crippen LogP contribution is 2.28. The lowest BCUT2D eigenvalue weighted by Crippen LogP contribution is -2.24. The predicted molar refractivity (Wildman–Crippen MR) is 152 cm³/mol. The first-order valence-electron chi connectivity index (χ1n) is 12.9. The minimum Gasteiger partial charge on any atom is -0.351 e. The molecule has 0 aliphatic heterocycles. The Labute approximate surface area is 228 Å². The van der Waals surface area contributed by atoms with E-state index < -0.39 is 17.7 Å². The molecule has 1 atom stereocenters. The minimum absolute atomic E-state index is 0.114. The van der Waals surface area contributed by atoms with Gasteiger partial charge in [0.1, 0.15) is 5.70 Å². The standard InChI is InChI=1S/C31H35F3N4O/c1-3-4-8-17-36-29(24-12-6-5-7-13-24)25-14-10-16-27(20-25)38-30(39)28(18-22(2)31(32,33)34)37-26-15-9-11-23(19-26)21-35/h5-7,9-16,18-20,29,36-37H,2-4,8,17,21,35H2,1H3,(H,38,39)/b28-18-. The molecule has 39 heavy (non-hydrogen) atoms. The Morgan fingerprint density at radius 1 is 0.923 bits per heavy atom. The molecule has 0 aromatic heterocycles. The van der Waals surface area contributed by atoms with E-state index in [-0.39, 0.29) is 18.3 Å². The van der Waals surface area contributed by atoms with Gasteiger partial charge in [-0.1, -0.05) is 80.9 Å². The SMILES string of the molecule is C=C(/C=C(\Nc1cccc(CN)c1)C(=O)Nc1cccc(C(NCCCCC)c2ccccc2)c1)C(F)(F)F. The Morgan fingerprint density at radius 3 is 2.26 bits per heavy atom. The molecule has 1 unspecified atom stereocenters. The van der Waals surface area contributed by atoms with Crippen LogP contribution in [0.5, 0.6) is 0 Å². The highest BCUT2D eigenvalue weighted by atomic mass is 19.4. The molecule has 5 N–H and O–H groups in total. The van der Waals surface area contributed by atoms with Crippen LogP contribution in [0.2, 0.25) is 0 Å². The van der Waals surface area contributed by atoms with Crippen LogP contribution >= 0.6 is 0 Å². The lowest BCUT2D eigenvalue weighted by atomic mass is 9.98. The van der Waals surface area contributed by atoms with E-state index in [0.717, 1.165) is 42.5 Å². The number of anilines is 2. The number of rotatable bonds is 13. The van der Waals surface area contributed by atoms with Crippen LogP contribution < -0.4 is 21.7 Å². The largest absolute Gasteiger partial charge is 0.415 e. The number of alkyl halides is 3. The van der Waals surface area contributed by atoms with Crippen molar-refractivity contribution >= 4 is 17.3 Å². The number of hydrogen-bond acceptors (Lipinski definition) is 4. The molecule has 0 heterocycles. The first kappa shape index (κ1) is 29.7. The zero-order valence-corrected chi connectivity index (χ0v) is 22.0. The van der Waals surface area contributed by atoms with Crippen molar-refractivity contribution in [1.29, 1.82) is 0 Å². The van der Waals surface area contributed by atoms with Crippen LogP contribution in [0, 0.1) is 0 Å². The fraction of sp³-hybridized carbons (Fsp3) is 0.258. The van der Waals surface area contributed by atoms with Crippen LogP contribution in [0.4, 0.5) is 24.5 Å². The van der Waals surface area contributed by atoms with Crippen LogP contribution in [0.15, 0.2) is 103 Å². The molecule has 0 bridgehead atoms. The minimum atomic E-state index is -4.68. The predicted octanol–water partition coefficient (Wildman–Crippen LogP) is 7.07. The summed E-state index contributed by atoms with van der Waals surface area (Å²) >= 11 is 0. The molecule has 0 aliphatic rings. The summed E-state index contributed by atoms with van der Waals surface area (Å²) in [6.07, 6.45) is -0.718. The van der Waals surface area contributed by atoms with E-state index in [4.69, 9.17) is 5.73 Å². The van der Waals surface area contributed by atoms with Crippen molar-refractivity contribution in [1.82, 2.24) is 5.32 Å². The second kappa shape index (κ2) is 14.3. The van der Waals surface area contributed by atoms with E-state index in [9.17, 15) is 18.0 Å². The quantitative estimate of drug-likeness (QED) is 0.107. The molecule has 8 heteroatoms. The van der Waals surface area contributed by atoms with Crippen LogP contribution in [0.1, 0.15) is 48.9 Å². The molecular formula is C31H35F3N4O. The number of unbranched alkanes of at least 4 members (excludes halogenated alkanes) is 2. The van der Waals surface area contributed by atoms with Crippen molar-refractivity contribution in [2.75, 3.05) is 17.2 Å². The molecule has 0 saturated heterocycles. The number of amides is 1. The Hall–Kier alpha value is -3.88. The summed E-state index contributed by atoms with van der Waals surface area (Å²) < 4.78 is 39.8. The van der Waals surface area contributed by atoms with E-state index in [1.54, 1.807) is 30.3 Å². The Bertz CT molecular complexity index is 1270. The van der Waals surface area contributed by atoms with Gasteiger partial charge in [0.25, 0.3) is 5.91 Å². The number of benzene rings is 3. The number of carbonyl (C=O) groups excluding carboxylic acids is 1. The maximum atomic E-state index is 13.3. The number of nitrogens with one attached hydrogen (secondary N) is 3. The van der Waals surface area contributed by atoms with Crippen molar-refractivity contribution in [3.63, 3.8) is 0 Å². The molecule has 0 radical (unpaired) electrons. The van der Waals surface area contributed by atoms with E-state index >= 15 is 0 Å². The number of allylic oxidation sites excluding steroid dienone is 2. The average Bonchev–Trinajstić information content (AvgIpc) is 2.93. The number of hydrogen-bond donors (Lipinski definition) is 4. The normalized spacial score (nSPS) is 12.6. The fourth-order valence-electron chi connectivity index (χ4n) is 4.04. The summed E-state index contributed by atoms with van der Waals surface area (Å²) in [5, 5.41) is 9.13. The zero-order valence-electron chi connectivity index (χ0n) is 22.0. The molecule has 5 nitrogen and oxygen atoms in total. The third kappa shape index (κ3) is 9.12.